The Hall–Kier alpha value is -1.39. The van der Waals surface area contributed by atoms with Crippen molar-refractivity contribution in [3.05, 3.63) is 12.2 Å². The third kappa shape index (κ3) is 1.54. The zero-order valence-corrected chi connectivity index (χ0v) is 7.18. The van der Waals surface area contributed by atoms with Crippen LogP contribution in [0.25, 0.3) is 0 Å². The van der Waals surface area contributed by atoms with Crippen LogP contribution in [0.5, 0.6) is 0 Å². The number of nitrogens with zero attached hydrogens (tertiary/aromatic N) is 3. The van der Waals surface area contributed by atoms with Crippen LogP contribution in [-0.4, -0.2) is 25.8 Å². The van der Waals surface area contributed by atoms with E-state index < -0.39 is 5.97 Å². The lowest BCUT2D eigenvalue weighted by molar-refractivity contribution is -0.137. The molecular weight excluding hydrogens is 170 g/mol. The van der Waals surface area contributed by atoms with Gasteiger partial charge in [0, 0.05) is 12.5 Å². The summed E-state index contributed by atoms with van der Waals surface area (Å²) in [6.07, 6.45) is 3.76. The van der Waals surface area contributed by atoms with Gasteiger partial charge in [-0.05, 0) is 12.8 Å². The molecule has 1 aromatic rings. The topological polar surface area (TPSA) is 68.0 Å². The van der Waals surface area contributed by atoms with E-state index in [2.05, 4.69) is 10.2 Å². The predicted octanol–water partition coefficient (Wildman–Crippen LogP) is 0.630. The van der Waals surface area contributed by atoms with Gasteiger partial charge in [-0.25, -0.2) is 0 Å². The Kier molecular flexibility index (Phi) is 2.00. The van der Waals surface area contributed by atoms with E-state index in [0.717, 1.165) is 25.2 Å². The fourth-order valence-electron chi connectivity index (χ4n) is 1.79. The third-order valence-electron chi connectivity index (χ3n) is 2.38. The number of aromatic nitrogens is 3. The van der Waals surface area contributed by atoms with Gasteiger partial charge >= 0.3 is 5.97 Å². The molecule has 0 saturated carbocycles. The first kappa shape index (κ1) is 8.22. The van der Waals surface area contributed by atoms with Gasteiger partial charge in [0.15, 0.2) is 0 Å². The molecule has 1 N–H and O–H groups in total. The molecule has 0 saturated heterocycles. The second-order valence-electron chi connectivity index (χ2n) is 3.32. The fraction of sp³-hybridized carbons (Fsp3) is 0.625. The van der Waals surface area contributed by atoms with Crippen LogP contribution < -0.4 is 0 Å². The van der Waals surface area contributed by atoms with Crippen molar-refractivity contribution in [3.63, 3.8) is 0 Å². The summed E-state index contributed by atoms with van der Waals surface area (Å²) < 4.78 is 1.94. The summed E-state index contributed by atoms with van der Waals surface area (Å²) in [7, 11) is 0. The Labute approximate surface area is 75.4 Å². The first-order chi connectivity index (χ1) is 6.27. The first-order valence-corrected chi connectivity index (χ1v) is 4.37. The van der Waals surface area contributed by atoms with Gasteiger partial charge in [0.2, 0.25) is 0 Å². The fourth-order valence-corrected chi connectivity index (χ4v) is 1.79. The van der Waals surface area contributed by atoms with Crippen LogP contribution in [0.3, 0.4) is 0 Å². The van der Waals surface area contributed by atoms with Crippen LogP contribution in [0.2, 0.25) is 0 Å². The summed E-state index contributed by atoms with van der Waals surface area (Å²) in [6, 6.07) is 0. The lowest BCUT2D eigenvalue weighted by atomic mass is 9.96. The van der Waals surface area contributed by atoms with Crippen LogP contribution >= 0.6 is 0 Å². The zero-order valence-electron chi connectivity index (χ0n) is 7.18. The highest BCUT2D eigenvalue weighted by atomic mass is 16.4. The highest BCUT2D eigenvalue weighted by molar-refractivity contribution is 5.67. The SMILES string of the molecule is O=C(O)CC1CCCn2cnnc21. The zero-order chi connectivity index (χ0) is 9.26. The van der Waals surface area contributed by atoms with Gasteiger partial charge in [-0.1, -0.05) is 0 Å². The first-order valence-electron chi connectivity index (χ1n) is 4.37. The summed E-state index contributed by atoms with van der Waals surface area (Å²) in [5.74, 6) is 0.115. The molecule has 1 unspecified atom stereocenters. The smallest absolute Gasteiger partial charge is 0.304 e. The molecule has 1 atom stereocenters. The number of carboxylic acid groups (broad SMARTS) is 1. The molecule has 0 bridgehead atoms. The largest absolute Gasteiger partial charge is 0.481 e. The molecule has 13 heavy (non-hydrogen) atoms. The van der Waals surface area contributed by atoms with Crippen LogP contribution in [0.1, 0.15) is 31.0 Å². The van der Waals surface area contributed by atoms with Gasteiger partial charge < -0.3 is 9.67 Å². The van der Waals surface area contributed by atoms with Crippen LogP contribution in [0, 0.1) is 0 Å². The number of hydrogen-bond donors (Lipinski definition) is 1. The Morgan fingerprint density at radius 3 is 3.38 bits per heavy atom. The molecule has 1 aliphatic heterocycles. The number of rotatable bonds is 2. The maximum Gasteiger partial charge on any atom is 0.304 e. The Balaban J connectivity index is 2.20. The molecule has 2 heterocycles. The number of carbonyl (C=O) groups is 1. The average molecular weight is 181 g/mol. The molecule has 1 aliphatic rings. The maximum atomic E-state index is 10.5. The van der Waals surface area contributed by atoms with Gasteiger partial charge in [-0.3, -0.25) is 4.79 Å². The number of carboxylic acids is 1. The minimum atomic E-state index is -0.763. The molecule has 0 aliphatic carbocycles. The van der Waals surface area contributed by atoms with Crippen molar-refractivity contribution in [2.75, 3.05) is 0 Å². The van der Waals surface area contributed by atoms with E-state index in [1.807, 2.05) is 4.57 Å². The van der Waals surface area contributed by atoms with Crippen LogP contribution in [0.4, 0.5) is 0 Å². The minimum Gasteiger partial charge on any atom is -0.481 e. The molecule has 5 nitrogen and oxygen atoms in total. The standard InChI is InChI=1S/C8H11N3O2/c12-7(13)4-6-2-1-3-11-5-9-10-8(6)11/h5-6H,1-4H2,(H,12,13). The van der Waals surface area contributed by atoms with E-state index in [9.17, 15) is 4.79 Å². The predicted molar refractivity (Wildman–Crippen MR) is 44.2 cm³/mol. The van der Waals surface area contributed by atoms with E-state index in [4.69, 9.17) is 5.11 Å². The summed E-state index contributed by atoms with van der Waals surface area (Å²) in [5.41, 5.74) is 0. The molecule has 0 amide bonds. The molecule has 0 fully saturated rings. The second-order valence-corrected chi connectivity index (χ2v) is 3.32. The normalized spacial score (nSPS) is 21.1. The van der Waals surface area contributed by atoms with Crippen LogP contribution in [-0.2, 0) is 11.3 Å². The van der Waals surface area contributed by atoms with Crippen molar-refractivity contribution in [1.29, 1.82) is 0 Å². The lowest BCUT2D eigenvalue weighted by Gasteiger charge is -2.20. The monoisotopic (exact) mass is 181 g/mol. The lowest BCUT2D eigenvalue weighted by Crippen LogP contribution is -2.18. The van der Waals surface area contributed by atoms with E-state index in [1.54, 1.807) is 6.33 Å². The Bertz CT molecular complexity index is 321. The van der Waals surface area contributed by atoms with Crippen molar-refractivity contribution >= 4 is 5.97 Å². The van der Waals surface area contributed by atoms with E-state index in [-0.39, 0.29) is 12.3 Å². The summed E-state index contributed by atoms with van der Waals surface area (Å²) in [6.45, 7) is 0.915. The minimum absolute atomic E-state index is 0.0498. The van der Waals surface area contributed by atoms with Gasteiger partial charge in [0.25, 0.3) is 0 Å². The summed E-state index contributed by atoms with van der Waals surface area (Å²) in [4.78, 5) is 10.5. The molecule has 0 radical (unpaired) electrons. The van der Waals surface area contributed by atoms with Gasteiger partial charge in [0.05, 0.1) is 6.42 Å². The molecule has 2 rings (SSSR count). The molecule has 0 spiro atoms. The molecule has 5 heteroatoms. The van der Waals surface area contributed by atoms with Crippen LogP contribution in [0.15, 0.2) is 6.33 Å². The second kappa shape index (κ2) is 3.16. The van der Waals surface area contributed by atoms with Crippen molar-refractivity contribution < 1.29 is 9.90 Å². The summed E-state index contributed by atoms with van der Waals surface area (Å²) >= 11 is 0. The number of aliphatic carboxylic acids is 1. The molecular formula is C8H11N3O2. The molecule has 0 aromatic carbocycles. The van der Waals surface area contributed by atoms with E-state index in [0.29, 0.717) is 0 Å². The van der Waals surface area contributed by atoms with Crippen molar-refractivity contribution in [1.82, 2.24) is 14.8 Å². The van der Waals surface area contributed by atoms with E-state index >= 15 is 0 Å². The van der Waals surface area contributed by atoms with E-state index in [1.165, 1.54) is 0 Å². The average Bonchev–Trinajstić information content (AvgIpc) is 2.51. The quantitative estimate of drug-likeness (QED) is 0.726. The van der Waals surface area contributed by atoms with Gasteiger partial charge in [-0.2, -0.15) is 0 Å². The number of fused-ring (bicyclic) bond motifs is 1. The highest BCUT2D eigenvalue weighted by Crippen LogP contribution is 2.27. The number of hydrogen-bond acceptors (Lipinski definition) is 3. The Morgan fingerprint density at radius 2 is 2.62 bits per heavy atom. The molecule has 70 valence electrons. The highest BCUT2D eigenvalue weighted by Gasteiger charge is 2.24. The van der Waals surface area contributed by atoms with Crippen molar-refractivity contribution in [2.24, 2.45) is 0 Å². The van der Waals surface area contributed by atoms with Crippen molar-refractivity contribution in [2.45, 2.75) is 31.7 Å². The van der Waals surface area contributed by atoms with Crippen molar-refractivity contribution in [3.8, 4) is 0 Å². The third-order valence-corrected chi connectivity index (χ3v) is 2.38. The number of aryl methyl sites for hydroxylation is 1. The summed E-state index contributed by atoms with van der Waals surface area (Å²) in [5, 5.41) is 16.4. The van der Waals surface area contributed by atoms with Gasteiger partial charge in [-0.15, -0.1) is 10.2 Å². The van der Waals surface area contributed by atoms with Gasteiger partial charge in [0.1, 0.15) is 12.2 Å². The Morgan fingerprint density at radius 1 is 1.77 bits per heavy atom. The molecule has 1 aromatic heterocycles. The maximum absolute atomic E-state index is 10.5.